The van der Waals surface area contributed by atoms with Crippen molar-refractivity contribution in [2.24, 2.45) is 0 Å². The van der Waals surface area contributed by atoms with Crippen LogP contribution in [0, 0.1) is 5.82 Å². The molecular weight excluding hydrogens is 375 g/mol. The zero-order chi connectivity index (χ0) is 20.2. The van der Waals surface area contributed by atoms with Gasteiger partial charge in [-0.15, -0.1) is 15.0 Å². The van der Waals surface area contributed by atoms with Gasteiger partial charge < -0.3 is 10.6 Å². The molecule has 1 heterocycles. The smallest absolute Gasteiger partial charge is 0.293 e. The fraction of sp³-hybridized carbons (Fsp3) is 0.250. The maximum Gasteiger partial charge on any atom is 0.293 e. The molecule has 1 aromatic heterocycles. The van der Waals surface area contributed by atoms with Crippen LogP contribution in [0.5, 0.6) is 0 Å². The van der Waals surface area contributed by atoms with Crippen molar-refractivity contribution in [3.05, 3.63) is 65.7 Å². The summed E-state index contributed by atoms with van der Waals surface area (Å²) in [6.07, 6.45) is 4.19. The normalized spacial score (nSPS) is 14.0. The van der Waals surface area contributed by atoms with Crippen LogP contribution in [0.4, 0.5) is 10.1 Å². The van der Waals surface area contributed by atoms with E-state index in [1.807, 2.05) is 0 Å². The SMILES string of the molecule is O=C(Nc1ccc(-n2nnc(C(=O)NC3CCCC3)n2)cc1)c1cccc(F)c1. The number of nitrogens with one attached hydrogen (secondary N) is 2. The highest BCUT2D eigenvalue weighted by Gasteiger charge is 2.21. The first kappa shape index (κ1) is 18.7. The Morgan fingerprint density at radius 1 is 1.03 bits per heavy atom. The van der Waals surface area contributed by atoms with E-state index in [0.29, 0.717) is 11.4 Å². The van der Waals surface area contributed by atoms with Crippen LogP contribution in [0.3, 0.4) is 0 Å². The molecule has 1 saturated carbocycles. The molecule has 9 heteroatoms. The number of amides is 2. The fourth-order valence-corrected chi connectivity index (χ4v) is 3.25. The second-order valence-electron chi connectivity index (χ2n) is 6.87. The van der Waals surface area contributed by atoms with Gasteiger partial charge in [-0.2, -0.15) is 0 Å². The van der Waals surface area contributed by atoms with Gasteiger partial charge in [-0.25, -0.2) is 4.39 Å². The van der Waals surface area contributed by atoms with E-state index in [9.17, 15) is 14.0 Å². The number of anilines is 1. The number of aromatic nitrogens is 4. The third kappa shape index (κ3) is 4.45. The van der Waals surface area contributed by atoms with Crippen molar-refractivity contribution in [2.45, 2.75) is 31.7 Å². The van der Waals surface area contributed by atoms with Gasteiger partial charge in [0.2, 0.25) is 0 Å². The molecule has 1 fully saturated rings. The maximum absolute atomic E-state index is 13.2. The quantitative estimate of drug-likeness (QED) is 0.693. The number of tetrazole rings is 1. The number of hydrogen-bond donors (Lipinski definition) is 2. The Hall–Kier alpha value is -3.62. The minimum Gasteiger partial charge on any atom is -0.346 e. The number of halogens is 1. The Labute approximate surface area is 166 Å². The Kier molecular flexibility index (Phi) is 5.28. The summed E-state index contributed by atoms with van der Waals surface area (Å²) >= 11 is 0. The van der Waals surface area contributed by atoms with Gasteiger partial charge in [0, 0.05) is 17.3 Å². The van der Waals surface area contributed by atoms with E-state index in [2.05, 4.69) is 26.0 Å². The number of rotatable bonds is 5. The lowest BCUT2D eigenvalue weighted by Crippen LogP contribution is -2.33. The summed E-state index contributed by atoms with van der Waals surface area (Å²) in [6.45, 7) is 0. The molecule has 0 radical (unpaired) electrons. The Morgan fingerprint density at radius 2 is 1.79 bits per heavy atom. The third-order valence-corrected chi connectivity index (χ3v) is 4.75. The molecule has 2 N–H and O–H groups in total. The van der Waals surface area contributed by atoms with Crippen molar-refractivity contribution in [3.63, 3.8) is 0 Å². The van der Waals surface area contributed by atoms with Crippen molar-refractivity contribution >= 4 is 17.5 Å². The molecule has 0 spiro atoms. The summed E-state index contributed by atoms with van der Waals surface area (Å²) in [6, 6.07) is 12.3. The van der Waals surface area contributed by atoms with E-state index in [0.717, 1.165) is 25.7 Å². The number of carbonyl (C=O) groups is 2. The molecule has 2 aromatic carbocycles. The van der Waals surface area contributed by atoms with Crippen molar-refractivity contribution in [1.29, 1.82) is 0 Å². The van der Waals surface area contributed by atoms with Crippen LogP contribution in [0.2, 0.25) is 0 Å². The van der Waals surface area contributed by atoms with E-state index in [1.165, 1.54) is 29.1 Å². The van der Waals surface area contributed by atoms with Gasteiger partial charge >= 0.3 is 0 Å². The second kappa shape index (κ2) is 8.17. The van der Waals surface area contributed by atoms with Crippen LogP contribution in [0.1, 0.15) is 46.7 Å². The zero-order valence-corrected chi connectivity index (χ0v) is 15.5. The van der Waals surface area contributed by atoms with Gasteiger partial charge in [0.25, 0.3) is 17.6 Å². The molecule has 29 heavy (non-hydrogen) atoms. The van der Waals surface area contributed by atoms with Crippen LogP contribution < -0.4 is 10.6 Å². The molecular formula is C20H19FN6O2. The number of nitrogens with zero attached hydrogens (tertiary/aromatic N) is 4. The van der Waals surface area contributed by atoms with Crippen LogP contribution in [0.15, 0.2) is 48.5 Å². The van der Waals surface area contributed by atoms with Gasteiger partial charge in [0.05, 0.1) is 5.69 Å². The van der Waals surface area contributed by atoms with Crippen LogP contribution in [-0.4, -0.2) is 38.1 Å². The van der Waals surface area contributed by atoms with Crippen LogP contribution in [-0.2, 0) is 0 Å². The zero-order valence-electron chi connectivity index (χ0n) is 15.5. The van der Waals surface area contributed by atoms with Crippen LogP contribution >= 0.6 is 0 Å². The first-order chi connectivity index (χ1) is 14.1. The molecule has 1 aliphatic carbocycles. The summed E-state index contributed by atoms with van der Waals surface area (Å²) in [5.74, 6) is -1.21. The monoisotopic (exact) mass is 394 g/mol. The molecule has 0 unspecified atom stereocenters. The summed E-state index contributed by atoms with van der Waals surface area (Å²) in [5, 5.41) is 17.5. The summed E-state index contributed by atoms with van der Waals surface area (Å²) < 4.78 is 13.2. The summed E-state index contributed by atoms with van der Waals surface area (Å²) in [5.41, 5.74) is 1.34. The molecule has 148 valence electrons. The Morgan fingerprint density at radius 3 is 2.52 bits per heavy atom. The summed E-state index contributed by atoms with van der Waals surface area (Å²) in [7, 11) is 0. The maximum atomic E-state index is 13.2. The molecule has 0 saturated heterocycles. The van der Waals surface area contributed by atoms with E-state index in [-0.39, 0.29) is 23.3 Å². The minimum atomic E-state index is -0.474. The van der Waals surface area contributed by atoms with Crippen molar-refractivity contribution < 1.29 is 14.0 Å². The first-order valence-electron chi connectivity index (χ1n) is 9.37. The van der Waals surface area contributed by atoms with Gasteiger partial charge in [0.1, 0.15) is 5.82 Å². The first-order valence-corrected chi connectivity index (χ1v) is 9.37. The average Bonchev–Trinajstić information content (AvgIpc) is 3.41. The number of carbonyl (C=O) groups excluding carboxylic acids is 2. The standard InChI is InChI=1S/C20H19FN6O2/c21-14-5-3-4-13(12-14)19(28)22-16-8-10-17(11-9-16)27-25-18(24-26-27)20(29)23-15-6-1-2-7-15/h3-5,8-12,15H,1-2,6-7H2,(H,22,28)(H,23,29). The Bertz CT molecular complexity index is 1030. The molecule has 3 aromatic rings. The lowest BCUT2D eigenvalue weighted by atomic mass is 10.2. The Balaban J connectivity index is 1.41. The van der Waals surface area contributed by atoms with E-state index >= 15 is 0 Å². The molecule has 0 bridgehead atoms. The van der Waals surface area contributed by atoms with Gasteiger partial charge in [-0.05, 0) is 60.5 Å². The van der Waals surface area contributed by atoms with Gasteiger partial charge in [-0.3, -0.25) is 9.59 Å². The number of benzene rings is 2. The summed E-state index contributed by atoms with van der Waals surface area (Å²) in [4.78, 5) is 25.6. The second-order valence-corrected chi connectivity index (χ2v) is 6.87. The topological polar surface area (TPSA) is 102 Å². The average molecular weight is 394 g/mol. The molecule has 2 amide bonds. The van der Waals surface area contributed by atoms with E-state index < -0.39 is 11.7 Å². The molecule has 0 atom stereocenters. The van der Waals surface area contributed by atoms with Gasteiger partial charge in [-0.1, -0.05) is 18.9 Å². The van der Waals surface area contributed by atoms with Crippen molar-refractivity contribution in [3.8, 4) is 5.69 Å². The third-order valence-electron chi connectivity index (χ3n) is 4.75. The largest absolute Gasteiger partial charge is 0.346 e. The lowest BCUT2D eigenvalue weighted by Gasteiger charge is -2.09. The van der Waals surface area contributed by atoms with E-state index in [1.54, 1.807) is 24.3 Å². The molecule has 4 rings (SSSR count). The number of hydrogen-bond acceptors (Lipinski definition) is 5. The van der Waals surface area contributed by atoms with E-state index in [4.69, 9.17) is 0 Å². The predicted octanol–water partition coefficient (Wildman–Crippen LogP) is 2.73. The molecule has 1 aliphatic rings. The minimum absolute atomic E-state index is 0.0142. The highest BCUT2D eigenvalue weighted by atomic mass is 19.1. The van der Waals surface area contributed by atoms with Crippen molar-refractivity contribution in [2.75, 3.05) is 5.32 Å². The molecule has 0 aliphatic heterocycles. The van der Waals surface area contributed by atoms with Gasteiger partial charge in [0.15, 0.2) is 0 Å². The lowest BCUT2D eigenvalue weighted by molar-refractivity contribution is 0.0926. The van der Waals surface area contributed by atoms with Crippen LogP contribution in [0.25, 0.3) is 5.69 Å². The predicted molar refractivity (Wildman–Crippen MR) is 103 cm³/mol. The highest BCUT2D eigenvalue weighted by molar-refractivity contribution is 6.04. The molecule has 8 nitrogen and oxygen atoms in total. The highest BCUT2D eigenvalue weighted by Crippen LogP contribution is 2.18. The van der Waals surface area contributed by atoms with Crippen molar-refractivity contribution in [1.82, 2.24) is 25.5 Å². The fourth-order valence-electron chi connectivity index (χ4n) is 3.25.